The lowest BCUT2D eigenvalue weighted by Crippen LogP contribution is -2.01. The molecular formula is C7H6B2. The molecule has 0 saturated heterocycles. The zero-order valence-electron chi connectivity index (χ0n) is 5.17. The van der Waals surface area contributed by atoms with Crippen molar-refractivity contribution in [1.82, 2.24) is 0 Å². The van der Waals surface area contributed by atoms with Gasteiger partial charge in [-0.3, -0.25) is 0 Å². The molecule has 0 unspecified atom stereocenters. The van der Waals surface area contributed by atoms with Gasteiger partial charge in [-0.2, -0.15) is 0 Å². The van der Waals surface area contributed by atoms with Crippen molar-refractivity contribution in [2.45, 2.75) is 6.32 Å². The van der Waals surface area contributed by atoms with Gasteiger partial charge < -0.3 is 0 Å². The van der Waals surface area contributed by atoms with Gasteiger partial charge in [0.05, 0.1) is 7.85 Å². The molecule has 0 aromatic heterocycles. The second kappa shape index (κ2) is 2.77. The van der Waals surface area contributed by atoms with Crippen LogP contribution in [0.3, 0.4) is 0 Å². The Hall–Kier alpha value is -0.650. The minimum atomic E-state index is 0.561. The Kier molecular flexibility index (Phi) is 1.99. The molecule has 1 rings (SSSR count). The molecule has 0 amide bonds. The van der Waals surface area contributed by atoms with Crippen LogP contribution in [0.2, 0.25) is 0 Å². The van der Waals surface area contributed by atoms with Crippen molar-refractivity contribution < 1.29 is 0 Å². The van der Waals surface area contributed by atoms with Crippen molar-refractivity contribution in [2.75, 3.05) is 0 Å². The molecule has 0 N–H and O–H groups in total. The summed E-state index contributed by atoms with van der Waals surface area (Å²) in [6, 6.07) is 7.58. The summed E-state index contributed by atoms with van der Waals surface area (Å²) in [4.78, 5) is 0. The second-order valence-corrected chi connectivity index (χ2v) is 1.95. The minimum absolute atomic E-state index is 0.561. The molecule has 0 saturated carbocycles. The van der Waals surface area contributed by atoms with Crippen molar-refractivity contribution in [1.29, 1.82) is 0 Å². The van der Waals surface area contributed by atoms with E-state index in [1.165, 1.54) is 0 Å². The summed E-state index contributed by atoms with van der Waals surface area (Å²) in [7, 11) is 10.8. The van der Waals surface area contributed by atoms with Crippen molar-refractivity contribution in [2.24, 2.45) is 0 Å². The molecule has 2 heteroatoms. The highest BCUT2D eigenvalue weighted by Gasteiger charge is 1.85. The monoisotopic (exact) mass is 112 g/mol. The van der Waals surface area contributed by atoms with Gasteiger partial charge in [-0.15, -0.1) is 0 Å². The van der Waals surface area contributed by atoms with Crippen molar-refractivity contribution in [3.05, 3.63) is 29.8 Å². The first-order chi connectivity index (χ1) is 4.33. The van der Waals surface area contributed by atoms with E-state index in [9.17, 15) is 0 Å². The summed E-state index contributed by atoms with van der Waals surface area (Å²) in [5.74, 6) is 0. The Morgan fingerprint density at radius 2 is 2.11 bits per heavy atom. The van der Waals surface area contributed by atoms with Gasteiger partial charge in [0, 0.05) is 0 Å². The lowest BCUT2D eigenvalue weighted by molar-refractivity contribution is 1.42. The highest BCUT2D eigenvalue weighted by Crippen LogP contribution is 1.93. The maximum Gasteiger partial charge on any atom is 0.113 e. The fraction of sp³-hybridized carbons (Fsp3) is 0.143. The lowest BCUT2D eigenvalue weighted by atomic mass is 9.90. The molecule has 0 fully saturated rings. The van der Waals surface area contributed by atoms with E-state index in [2.05, 4.69) is 0 Å². The average Bonchev–Trinajstić information content (AvgIpc) is 1.88. The predicted octanol–water partition coefficient (Wildman–Crippen LogP) is 0.149. The van der Waals surface area contributed by atoms with E-state index in [1.807, 2.05) is 24.3 Å². The molecule has 9 heavy (non-hydrogen) atoms. The van der Waals surface area contributed by atoms with Crippen LogP contribution in [0.25, 0.3) is 0 Å². The average molecular weight is 112 g/mol. The Labute approximate surface area is 58.1 Å². The van der Waals surface area contributed by atoms with Crippen LogP contribution in [0.15, 0.2) is 24.3 Å². The molecular weight excluding hydrogens is 106 g/mol. The van der Waals surface area contributed by atoms with Crippen LogP contribution in [-0.2, 0) is 6.32 Å². The fourth-order valence-corrected chi connectivity index (χ4v) is 0.720. The second-order valence-electron chi connectivity index (χ2n) is 1.95. The largest absolute Gasteiger partial charge is 0.113 e. The predicted molar refractivity (Wildman–Crippen MR) is 41.3 cm³/mol. The van der Waals surface area contributed by atoms with Gasteiger partial charge in [-0.1, -0.05) is 41.6 Å². The van der Waals surface area contributed by atoms with E-state index in [-0.39, 0.29) is 0 Å². The molecule has 0 nitrogen and oxygen atoms in total. The summed E-state index contributed by atoms with van der Waals surface area (Å²) >= 11 is 0. The van der Waals surface area contributed by atoms with Gasteiger partial charge in [-0.05, 0) is 0 Å². The molecule has 1 aromatic carbocycles. The van der Waals surface area contributed by atoms with E-state index in [0.717, 1.165) is 11.0 Å². The standard InChI is InChI=1S/C7H6B2/c8-5-6-2-1-3-7(9)4-6/h1-4H,5H2. The first-order valence-electron chi connectivity index (χ1n) is 2.87. The highest BCUT2D eigenvalue weighted by molar-refractivity contribution is 6.32. The maximum atomic E-state index is 5.48. The van der Waals surface area contributed by atoms with E-state index >= 15 is 0 Å². The first-order valence-corrected chi connectivity index (χ1v) is 2.87. The molecule has 0 spiro atoms. The zero-order chi connectivity index (χ0) is 6.69. The molecule has 0 aliphatic heterocycles. The van der Waals surface area contributed by atoms with Gasteiger partial charge in [0.25, 0.3) is 0 Å². The van der Waals surface area contributed by atoms with Crippen LogP contribution in [0.1, 0.15) is 5.56 Å². The first kappa shape index (κ1) is 6.47. The van der Waals surface area contributed by atoms with E-state index in [4.69, 9.17) is 15.7 Å². The summed E-state index contributed by atoms with van der Waals surface area (Å²) < 4.78 is 0. The van der Waals surface area contributed by atoms with Gasteiger partial charge in [0.15, 0.2) is 0 Å². The molecule has 0 aliphatic carbocycles. The number of hydrogen-bond donors (Lipinski definition) is 0. The summed E-state index contributed by atoms with van der Waals surface area (Å²) in [5, 5.41) is 0. The molecule has 0 aliphatic rings. The maximum absolute atomic E-state index is 5.48. The number of hydrogen-bond acceptors (Lipinski definition) is 0. The van der Waals surface area contributed by atoms with Crippen LogP contribution in [0.4, 0.5) is 0 Å². The van der Waals surface area contributed by atoms with Crippen molar-refractivity contribution in [3.63, 3.8) is 0 Å². The van der Waals surface area contributed by atoms with Crippen molar-refractivity contribution in [3.8, 4) is 0 Å². The van der Waals surface area contributed by atoms with Gasteiger partial charge in [0.2, 0.25) is 0 Å². The minimum Gasteiger partial charge on any atom is -0.0964 e. The third-order valence-corrected chi connectivity index (χ3v) is 1.19. The smallest absolute Gasteiger partial charge is 0.0964 e. The quantitative estimate of drug-likeness (QED) is 0.453. The van der Waals surface area contributed by atoms with Crippen LogP contribution in [-0.4, -0.2) is 15.7 Å². The van der Waals surface area contributed by atoms with E-state index in [1.54, 1.807) is 0 Å². The Balaban J connectivity index is 2.94. The molecule has 4 radical (unpaired) electrons. The Morgan fingerprint density at radius 1 is 1.33 bits per heavy atom. The molecule has 40 valence electrons. The fourth-order valence-electron chi connectivity index (χ4n) is 0.720. The Bertz CT molecular complexity index is 196. The highest BCUT2D eigenvalue weighted by atomic mass is 13.9. The summed E-state index contributed by atoms with van der Waals surface area (Å²) in [5.41, 5.74) is 1.85. The van der Waals surface area contributed by atoms with E-state index in [0.29, 0.717) is 6.32 Å². The van der Waals surface area contributed by atoms with Crippen LogP contribution < -0.4 is 5.46 Å². The summed E-state index contributed by atoms with van der Waals surface area (Å²) in [6.45, 7) is 0. The third kappa shape index (κ3) is 1.63. The SMILES string of the molecule is [B]Cc1cccc([B])c1. The number of benzene rings is 1. The molecule has 0 atom stereocenters. The topological polar surface area (TPSA) is 0 Å². The van der Waals surface area contributed by atoms with Gasteiger partial charge in [-0.25, -0.2) is 0 Å². The Morgan fingerprint density at radius 3 is 2.56 bits per heavy atom. The molecule has 1 aromatic rings. The molecule has 0 bridgehead atoms. The zero-order valence-corrected chi connectivity index (χ0v) is 5.17. The van der Waals surface area contributed by atoms with Crippen LogP contribution in [0, 0.1) is 0 Å². The van der Waals surface area contributed by atoms with Gasteiger partial charge in [0.1, 0.15) is 7.85 Å². The van der Waals surface area contributed by atoms with Crippen LogP contribution >= 0.6 is 0 Å². The third-order valence-electron chi connectivity index (χ3n) is 1.19. The van der Waals surface area contributed by atoms with Gasteiger partial charge >= 0.3 is 0 Å². The molecule has 0 heterocycles. The van der Waals surface area contributed by atoms with Crippen molar-refractivity contribution >= 4 is 21.2 Å². The normalized spacial score (nSPS) is 9.33. The van der Waals surface area contributed by atoms with E-state index < -0.39 is 0 Å². The number of rotatable bonds is 1. The lowest BCUT2D eigenvalue weighted by Gasteiger charge is -1.95. The summed E-state index contributed by atoms with van der Waals surface area (Å²) in [6.07, 6.45) is 0.561. The van der Waals surface area contributed by atoms with Crippen LogP contribution in [0.5, 0.6) is 0 Å².